The summed E-state index contributed by atoms with van der Waals surface area (Å²) in [5, 5.41) is 3.63. The predicted molar refractivity (Wildman–Crippen MR) is 101 cm³/mol. The molecule has 0 bridgehead atoms. The first kappa shape index (κ1) is 18.0. The van der Waals surface area contributed by atoms with Crippen molar-refractivity contribution in [2.75, 3.05) is 6.54 Å². The fraction of sp³-hybridized carbons (Fsp3) is 0.200. The molecule has 1 N–H and O–H groups in total. The number of halogens is 1. The minimum atomic E-state index is -0.102. The van der Waals surface area contributed by atoms with E-state index in [1.165, 1.54) is 0 Å². The Morgan fingerprint density at radius 2 is 1.88 bits per heavy atom. The molecule has 3 aromatic rings. The van der Waals surface area contributed by atoms with Gasteiger partial charge in [0.05, 0.1) is 0 Å². The van der Waals surface area contributed by atoms with E-state index in [-0.39, 0.29) is 5.91 Å². The van der Waals surface area contributed by atoms with Gasteiger partial charge in [0.25, 0.3) is 5.91 Å². The molecule has 0 spiro atoms. The number of carbonyl (C=O) groups is 1. The Hall–Kier alpha value is -2.79. The summed E-state index contributed by atoms with van der Waals surface area (Å²) < 4.78 is 7.59. The molecule has 3 rings (SSSR count). The van der Waals surface area contributed by atoms with Gasteiger partial charge in [0.2, 0.25) is 0 Å². The zero-order valence-corrected chi connectivity index (χ0v) is 15.2. The number of aryl methyl sites for hydroxylation is 1. The summed E-state index contributed by atoms with van der Waals surface area (Å²) in [5.41, 5.74) is 1.73. The third-order valence-corrected chi connectivity index (χ3v) is 4.27. The zero-order valence-electron chi connectivity index (χ0n) is 14.5. The maximum absolute atomic E-state index is 12.2. The molecule has 1 heterocycles. The predicted octanol–water partition coefficient (Wildman–Crippen LogP) is 3.63. The third-order valence-electron chi connectivity index (χ3n) is 4.02. The molecule has 0 radical (unpaired) electrons. The average Bonchev–Trinajstić information content (AvgIpc) is 3.07. The topological polar surface area (TPSA) is 56.2 Å². The number of hydrogen-bond donors (Lipinski definition) is 1. The highest BCUT2D eigenvalue weighted by Gasteiger charge is 2.06. The van der Waals surface area contributed by atoms with Gasteiger partial charge in [-0.25, -0.2) is 4.98 Å². The number of nitrogens with zero attached hydrogens (tertiary/aromatic N) is 2. The van der Waals surface area contributed by atoms with Gasteiger partial charge < -0.3 is 14.6 Å². The normalized spacial score (nSPS) is 10.5. The van der Waals surface area contributed by atoms with Gasteiger partial charge in [0, 0.05) is 36.6 Å². The lowest BCUT2D eigenvalue weighted by atomic mass is 10.1. The molecule has 0 unspecified atom stereocenters. The number of rotatable bonds is 7. The largest absolute Gasteiger partial charge is 0.486 e. The van der Waals surface area contributed by atoms with Crippen LogP contribution < -0.4 is 10.1 Å². The van der Waals surface area contributed by atoms with Crippen LogP contribution in [0.25, 0.3) is 0 Å². The fourth-order valence-corrected chi connectivity index (χ4v) is 2.59. The van der Waals surface area contributed by atoms with Gasteiger partial charge in [-0.3, -0.25) is 4.79 Å². The van der Waals surface area contributed by atoms with Crippen LogP contribution in [0.4, 0.5) is 0 Å². The lowest BCUT2D eigenvalue weighted by Gasteiger charge is -2.08. The SMILES string of the molecule is Cn1ccnc1COc1ccc(C(=O)NCCc2ccc(Cl)cc2)cc1. The van der Waals surface area contributed by atoms with Crippen LogP contribution in [0, 0.1) is 0 Å². The Labute approximate surface area is 157 Å². The smallest absolute Gasteiger partial charge is 0.251 e. The maximum atomic E-state index is 12.2. The molecule has 5 nitrogen and oxygen atoms in total. The standard InChI is InChI=1S/C20H20ClN3O2/c1-24-13-12-22-19(24)14-26-18-8-4-16(5-9-18)20(25)23-11-10-15-2-6-17(21)7-3-15/h2-9,12-13H,10-11,14H2,1H3,(H,23,25). The van der Waals surface area contributed by atoms with Gasteiger partial charge in [-0.15, -0.1) is 0 Å². The molecular weight excluding hydrogens is 350 g/mol. The third kappa shape index (κ3) is 4.86. The number of aromatic nitrogens is 2. The molecule has 1 aromatic heterocycles. The van der Waals surface area contributed by atoms with Gasteiger partial charge in [-0.05, 0) is 48.4 Å². The number of imidazole rings is 1. The molecule has 26 heavy (non-hydrogen) atoms. The van der Waals surface area contributed by atoms with E-state index >= 15 is 0 Å². The lowest BCUT2D eigenvalue weighted by Crippen LogP contribution is -2.25. The van der Waals surface area contributed by atoms with E-state index in [0.717, 1.165) is 17.8 Å². The first-order valence-electron chi connectivity index (χ1n) is 8.33. The lowest BCUT2D eigenvalue weighted by molar-refractivity contribution is 0.0954. The van der Waals surface area contributed by atoms with Crippen LogP contribution in [0.3, 0.4) is 0 Å². The number of ether oxygens (including phenoxy) is 1. The van der Waals surface area contributed by atoms with E-state index in [0.29, 0.717) is 29.5 Å². The first-order valence-corrected chi connectivity index (χ1v) is 8.71. The van der Waals surface area contributed by atoms with Crippen molar-refractivity contribution < 1.29 is 9.53 Å². The van der Waals surface area contributed by atoms with E-state index < -0.39 is 0 Å². The summed E-state index contributed by atoms with van der Waals surface area (Å²) in [7, 11) is 1.92. The molecule has 6 heteroatoms. The number of hydrogen-bond acceptors (Lipinski definition) is 3. The van der Waals surface area contributed by atoms with Crippen molar-refractivity contribution in [3.05, 3.63) is 82.9 Å². The van der Waals surface area contributed by atoms with Crippen LogP contribution in [-0.4, -0.2) is 22.0 Å². The Morgan fingerprint density at radius 3 is 2.54 bits per heavy atom. The van der Waals surface area contributed by atoms with Crippen LogP contribution in [0.1, 0.15) is 21.7 Å². The molecule has 0 fully saturated rings. The quantitative estimate of drug-likeness (QED) is 0.692. The van der Waals surface area contributed by atoms with Crippen molar-refractivity contribution in [1.82, 2.24) is 14.9 Å². The second kappa shape index (κ2) is 8.54. The van der Waals surface area contributed by atoms with Crippen LogP contribution >= 0.6 is 11.6 Å². The van der Waals surface area contributed by atoms with Crippen molar-refractivity contribution in [1.29, 1.82) is 0 Å². The Balaban J connectivity index is 1.47. The molecule has 0 aliphatic rings. The molecule has 0 saturated carbocycles. The highest BCUT2D eigenvalue weighted by molar-refractivity contribution is 6.30. The summed E-state index contributed by atoms with van der Waals surface area (Å²) in [4.78, 5) is 16.4. The monoisotopic (exact) mass is 369 g/mol. The number of nitrogens with one attached hydrogen (secondary N) is 1. The van der Waals surface area contributed by atoms with E-state index in [1.807, 2.05) is 42.1 Å². The summed E-state index contributed by atoms with van der Waals surface area (Å²) in [6.45, 7) is 0.952. The number of benzene rings is 2. The van der Waals surface area contributed by atoms with Gasteiger partial charge in [-0.1, -0.05) is 23.7 Å². The second-order valence-corrected chi connectivity index (χ2v) is 6.34. The highest BCUT2D eigenvalue weighted by atomic mass is 35.5. The van der Waals surface area contributed by atoms with Crippen molar-refractivity contribution in [3.8, 4) is 5.75 Å². The number of carbonyl (C=O) groups excluding carboxylic acids is 1. The van der Waals surface area contributed by atoms with Gasteiger partial charge in [0.15, 0.2) is 0 Å². The number of amides is 1. The Bertz CT molecular complexity index is 858. The van der Waals surface area contributed by atoms with Gasteiger partial charge >= 0.3 is 0 Å². The van der Waals surface area contributed by atoms with Crippen molar-refractivity contribution in [2.24, 2.45) is 7.05 Å². The summed E-state index contributed by atoms with van der Waals surface area (Å²) in [6, 6.07) is 14.7. The summed E-state index contributed by atoms with van der Waals surface area (Å²) >= 11 is 5.86. The van der Waals surface area contributed by atoms with E-state index in [2.05, 4.69) is 10.3 Å². The summed E-state index contributed by atoms with van der Waals surface area (Å²) in [5.74, 6) is 1.44. The van der Waals surface area contributed by atoms with E-state index in [1.54, 1.807) is 30.5 Å². The van der Waals surface area contributed by atoms with Crippen molar-refractivity contribution >= 4 is 17.5 Å². The van der Waals surface area contributed by atoms with Gasteiger partial charge in [0.1, 0.15) is 18.2 Å². The molecule has 0 aliphatic carbocycles. The molecule has 134 valence electrons. The maximum Gasteiger partial charge on any atom is 0.251 e. The molecule has 1 amide bonds. The van der Waals surface area contributed by atoms with Crippen LogP contribution in [0.2, 0.25) is 5.02 Å². The average molecular weight is 370 g/mol. The summed E-state index contributed by atoms with van der Waals surface area (Å²) in [6.07, 6.45) is 4.36. The Kier molecular flexibility index (Phi) is 5.92. The van der Waals surface area contributed by atoms with Crippen LogP contribution in [0.5, 0.6) is 5.75 Å². The minimum absolute atomic E-state index is 0.102. The van der Waals surface area contributed by atoms with Gasteiger partial charge in [-0.2, -0.15) is 0 Å². The van der Waals surface area contributed by atoms with Crippen LogP contribution in [0.15, 0.2) is 60.9 Å². The Morgan fingerprint density at radius 1 is 1.15 bits per heavy atom. The van der Waals surface area contributed by atoms with Crippen LogP contribution in [-0.2, 0) is 20.1 Å². The molecule has 0 saturated heterocycles. The zero-order chi connectivity index (χ0) is 18.4. The highest BCUT2D eigenvalue weighted by Crippen LogP contribution is 2.14. The molecule has 0 aliphatic heterocycles. The fourth-order valence-electron chi connectivity index (χ4n) is 2.46. The first-order chi connectivity index (χ1) is 12.6. The van der Waals surface area contributed by atoms with Crippen molar-refractivity contribution in [3.63, 3.8) is 0 Å². The molecule has 0 atom stereocenters. The molecule has 2 aromatic carbocycles. The molecular formula is C20H20ClN3O2. The second-order valence-electron chi connectivity index (χ2n) is 5.90. The van der Waals surface area contributed by atoms with E-state index in [9.17, 15) is 4.79 Å². The van der Waals surface area contributed by atoms with E-state index in [4.69, 9.17) is 16.3 Å². The van der Waals surface area contributed by atoms with Crippen molar-refractivity contribution in [2.45, 2.75) is 13.0 Å². The minimum Gasteiger partial charge on any atom is -0.486 e.